The number of fused-ring (bicyclic) bond motifs is 2. The summed E-state index contributed by atoms with van der Waals surface area (Å²) in [5.41, 5.74) is 9.21. The van der Waals surface area contributed by atoms with E-state index in [-0.39, 0.29) is 33.4 Å². The standard InChI is InChI=1S/C54H30O10/c55-49(39-19-23-41-45(29-39)53(59)63-51(41)57)61-47-25-21-37(27-43(47)35-7-3-1-4-8-35)33-15-11-31(12-16-33)32-13-17-34(18-14-32)38-22-26-48(44(28-38)36-9-5-2-6-10-36)62-50(56)40-20-24-42-46(30-40)54(60)64-52(42)58/h1-30H. The zero-order chi connectivity index (χ0) is 43.9. The number of esters is 6. The Hall–Kier alpha value is -9.02. The highest BCUT2D eigenvalue weighted by atomic mass is 16.6. The highest BCUT2D eigenvalue weighted by Gasteiger charge is 2.32. The molecule has 10 nitrogen and oxygen atoms in total. The Morgan fingerprint density at radius 1 is 0.297 bits per heavy atom. The van der Waals surface area contributed by atoms with Crippen LogP contribution in [-0.4, -0.2) is 35.8 Å². The van der Waals surface area contributed by atoms with Crippen LogP contribution in [0.3, 0.4) is 0 Å². The number of carbonyl (C=O) groups is 6. The zero-order valence-corrected chi connectivity index (χ0v) is 33.4. The quantitative estimate of drug-likeness (QED) is 0.0784. The van der Waals surface area contributed by atoms with E-state index in [0.29, 0.717) is 22.6 Å². The van der Waals surface area contributed by atoms with Gasteiger partial charge in [0.2, 0.25) is 0 Å². The van der Waals surface area contributed by atoms with Crippen molar-refractivity contribution in [3.8, 4) is 67.1 Å². The molecule has 0 N–H and O–H groups in total. The van der Waals surface area contributed by atoms with E-state index in [2.05, 4.69) is 9.47 Å². The Morgan fingerprint density at radius 2 is 0.625 bits per heavy atom. The lowest BCUT2D eigenvalue weighted by Gasteiger charge is -2.14. The fourth-order valence-electron chi connectivity index (χ4n) is 7.74. The second-order valence-electron chi connectivity index (χ2n) is 15.0. The van der Waals surface area contributed by atoms with Gasteiger partial charge in [-0.05, 0) is 105 Å². The van der Waals surface area contributed by atoms with Gasteiger partial charge in [-0.25, -0.2) is 28.8 Å². The van der Waals surface area contributed by atoms with Crippen molar-refractivity contribution >= 4 is 35.8 Å². The Labute approximate surface area is 364 Å². The zero-order valence-electron chi connectivity index (χ0n) is 33.4. The van der Waals surface area contributed by atoms with Crippen LogP contribution in [0.15, 0.2) is 182 Å². The topological polar surface area (TPSA) is 139 Å². The molecule has 0 saturated heterocycles. The number of rotatable bonds is 9. The molecule has 0 spiro atoms. The fraction of sp³-hybridized carbons (Fsp3) is 0. The van der Waals surface area contributed by atoms with E-state index in [1.165, 1.54) is 36.4 Å². The maximum absolute atomic E-state index is 13.3. The van der Waals surface area contributed by atoms with Gasteiger partial charge in [-0.15, -0.1) is 0 Å². The van der Waals surface area contributed by atoms with Crippen LogP contribution in [-0.2, 0) is 9.47 Å². The lowest BCUT2D eigenvalue weighted by Crippen LogP contribution is -2.10. The molecule has 0 amide bonds. The first-order chi connectivity index (χ1) is 31.2. The Balaban J connectivity index is 0.883. The van der Waals surface area contributed by atoms with Gasteiger partial charge in [0.25, 0.3) is 0 Å². The SMILES string of the molecule is O=C(Oc1ccc(-c2ccc(-c3ccc(-c4ccc(OC(=O)c5ccc6c(c5)C(=O)OC6=O)c(-c5ccccc5)c4)cc3)cc2)cc1-c1ccccc1)c1ccc2c(c1)C(=O)OC2=O. The van der Waals surface area contributed by atoms with E-state index in [9.17, 15) is 28.8 Å². The number of benzene rings is 8. The first-order valence-electron chi connectivity index (χ1n) is 20.0. The van der Waals surface area contributed by atoms with Crippen molar-refractivity contribution in [3.05, 3.63) is 215 Å². The van der Waals surface area contributed by atoms with E-state index in [1.807, 2.05) is 133 Å². The van der Waals surface area contributed by atoms with Gasteiger partial charge >= 0.3 is 35.8 Å². The summed E-state index contributed by atoms with van der Waals surface area (Å²) in [4.78, 5) is 74.7. The van der Waals surface area contributed by atoms with Crippen molar-refractivity contribution in [2.45, 2.75) is 0 Å². The van der Waals surface area contributed by atoms with E-state index >= 15 is 0 Å². The second-order valence-corrected chi connectivity index (χ2v) is 15.0. The molecule has 8 aromatic carbocycles. The normalized spacial score (nSPS) is 12.6. The van der Waals surface area contributed by atoms with Crippen LogP contribution in [0.1, 0.15) is 62.1 Å². The van der Waals surface area contributed by atoms with Crippen LogP contribution in [0, 0.1) is 0 Å². The van der Waals surface area contributed by atoms with Crippen LogP contribution < -0.4 is 9.47 Å². The van der Waals surface area contributed by atoms with Crippen LogP contribution in [0.5, 0.6) is 11.5 Å². The Morgan fingerprint density at radius 3 is 1.00 bits per heavy atom. The number of hydrogen-bond donors (Lipinski definition) is 0. The van der Waals surface area contributed by atoms with Gasteiger partial charge in [0, 0.05) is 11.1 Å². The average Bonchev–Trinajstić information content (AvgIpc) is 3.80. The minimum absolute atomic E-state index is 0.0226. The minimum Gasteiger partial charge on any atom is -0.422 e. The molecule has 8 aromatic rings. The summed E-state index contributed by atoms with van der Waals surface area (Å²) in [6, 6.07) is 54.8. The van der Waals surface area contributed by atoms with Gasteiger partial charge in [-0.2, -0.15) is 0 Å². The van der Waals surface area contributed by atoms with Crippen molar-refractivity contribution in [2.24, 2.45) is 0 Å². The summed E-state index contributed by atoms with van der Waals surface area (Å²) in [7, 11) is 0. The van der Waals surface area contributed by atoms with Crippen molar-refractivity contribution in [1.82, 2.24) is 0 Å². The maximum atomic E-state index is 13.3. The summed E-state index contributed by atoms with van der Waals surface area (Å²) in [5, 5.41) is 0. The van der Waals surface area contributed by atoms with E-state index < -0.39 is 35.8 Å². The van der Waals surface area contributed by atoms with Gasteiger partial charge in [-0.1, -0.05) is 121 Å². The van der Waals surface area contributed by atoms with Gasteiger partial charge in [0.1, 0.15) is 11.5 Å². The predicted molar refractivity (Wildman–Crippen MR) is 236 cm³/mol. The number of carbonyl (C=O) groups excluding carboxylic acids is 6. The van der Waals surface area contributed by atoms with Crippen molar-refractivity contribution in [2.75, 3.05) is 0 Å². The van der Waals surface area contributed by atoms with E-state index in [0.717, 1.165) is 44.5 Å². The smallest absolute Gasteiger partial charge is 0.346 e. The molecule has 0 saturated carbocycles. The molecule has 0 radical (unpaired) electrons. The summed E-state index contributed by atoms with van der Waals surface area (Å²) in [5.74, 6) is -3.83. The lowest BCUT2D eigenvalue weighted by molar-refractivity contribution is 0.0425. The molecule has 0 bridgehead atoms. The predicted octanol–water partition coefficient (Wildman–Crippen LogP) is 11.1. The monoisotopic (exact) mass is 838 g/mol. The van der Waals surface area contributed by atoms with E-state index in [1.54, 1.807) is 12.1 Å². The highest BCUT2D eigenvalue weighted by Crippen LogP contribution is 2.38. The molecule has 0 fully saturated rings. The minimum atomic E-state index is -0.803. The van der Waals surface area contributed by atoms with Crippen molar-refractivity contribution in [1.29, 1.82) is 0 Å². The molecule has 2 aliphatic heterocycles. The summed E-state index contributed by atoms with van der Waals surface area (Å²) >= 11 is 0. The summed E-state index contributed by atoms with van der Waals surface area (Å²) < 4.78 is 21.1. The average molecular weight is 839 g/mol. The Kier molecular flexibility index (Phi) is 9.85. The fourth-order valence-corrected chi connectivity index (χ4v) is 7.74. The lowest BCUT2D eigenvalue weighted by atomic mass is 9.95. The third kappa shape index (κ3) is 7.41. The van der Waals surface area contributed by atoms with Crippen LogP contribution in [0.25, 0.3) is 55.6 Å². The molecule has 0 atom stereocenters. The molecule has 306 valence electrons. The molecular weight excluding hydrogens is 809 g/mol. The molecule has 0 aromatic heterocycles. The number of hydrogen-bond acceptors (Lipinski definition) is 10. The van der Waals surface area contributed by atoms with Crippen molar-refractivity contribution in [3.63, 3.8) is 0 Å². The van der Waals surface area contributed by atoms with Gasteiger partial charge in [0.05, 0.1) is 33.4 Å². The molecule has 2 heterocycles. The third-order valence-corrected chi connectivity index (χ3v) is 11.1. The van der Waals surface area contributed by atoms with E-state index in [4.69, 9.17) is 9.47 Å². The van der Waals surface area contributed by atoms with Crippen LogP contribution in [0.2, 0.25) is 0 Å². The third-order valence-electron chi connectivity index (χ3n) is 11.1. The molecular formula is C54H30O10. The largest absolute Gasteiger partial charge is 0.422 e. The first kappa shape index (κ1) is 39.1. The molecule has 64 heavy (non-hydrogen) atoms. The molecule has 0 unspecified atom stereocenters. The number of ether oxygens (including phenoxy) is 4. The molecule has 10 rings (SSSR count). The van der Waals surface area contributed by atoms with Crippen LogP contribution in [0.4, 0.5) is 0 Å². The highest BCUT2D eigenvalue weighted by molar-refractivity contribution is 6.16. The van der Waals surface area contributed by atoms with Gasteiger partial charge < -0.3 is 18.9 Å². The van der Waals surface area contributed by atoms with Crippen molar-refractivity contribution < 1.29 is 47.7 Å². The Bertz CT molecular complexity index is 3020. The first-order valence-corrected chi connectivity index (χ1v) is 20.0. The molecule has 2 aliphatic rings. The van der Waals surface area contributed by atoms with Gasteiger partial charge in [0.15, 0.2) is 0 Å². The number of cyclic esters (lactones) is 4. The summed E-state index contributed by atoms with van der Waals surface area (Å²) in [6.45, 7) is 0. The second kappa shape index (κ2) is 16.1. The van der Waals surface area contributed by atoms with Crippen LogP contribution >= 0.6 is 0 Å². The molecule has 0 aliphatic carbocycles. The summed E-state index contributed by atoms with van der Waals surface area (Å²) in [6.07, 6.45) is 0. The molecule has 10 heteroatoms. The van der Waals surface area contributed by atoms with Gasteiger partial charge in [-0.3, -0.25) is 0 Å². The maximum Gasteiger partial charge on any atom is 0.346 e.